The van der Waals surface area contributed by atoms with Crippen LogP contribution in [0.4, 0.5) is 0 Å². The summed E-state index contributed by atoms with van der Waals surface area (Å²) >= 11 is 6.11. The number of halogens is 1. The first-order chi connectivity index (χ1) is 16.3. The van der Waals surface area contributed by atoms with Crippen LogP contribution in [0.15, 0.2) is 24.3 Å². The smallest absolute Gasteiger partial charge is 0.305 e. The van der Waals surface area contributed by atoms with Crippen molar-refractivity contribution >= 4 is 17.6 Å². The fourth-order valence-corrected chi connectivity index (χ4v) is 6.66. The van der Waals surface area contributed by atoms with Crippen LogP contribution in [-0.4, -0.2) is 37.0 Å². The lowest BCUT2D eigenvalue weighted by Crippen LogP contribution is -2.70. The number of hydrogen-bond donors (Lipinski definition) is 0. The maximum atomic E-state index is 11.9. The van der Waals surface area contributed by atoms with Gasteiger partial charge in [-0.1, -0.05) is 37.6 Å². The van der Waals surface area contributed by atoms with Crippen molar-refractivity contribution in [2.75, 3.05) is 7.11 Å². The molecule has 0 N–H and O–H groups in total. The molecule has 188 valence electrons. The monoisotopic (exact) mass is 494 g/mol. The minimum absolute atomic E-state index is 0.0498. The van der Waals surface area contributed by atoms with E-state index in [-0.39, 0.29) is 30.3 Å². The first-order valence-corrected chi connectivity index (χ1v) is 12.8. The van der Waals surface area contributed by atoms with Crippen molar-refractivity contribution in [3.63, 3.8) is 0 Å². The summed E-state index contributed by atoms with van der Waals surface area (Å²) in [5.41, 5.74) is 0.309. The van der Waals surface area contributed by atoms with E-state index >= 15 is 0 Å². The first-order valence-electron chi connectivity index (χ1n) is 12.4. The van der Waals surface area contributed by atoms with Crippen LogP contribution in [0.3, 0.4) is 0 Å². The SMILES string of the molecule is COC(=O)CC[C@@H](OC1O[C@@H]2O[C@]3(C)CC[C@H]4[C@H](C)CC[C@@H]([C@H]1C)[C@@]24OO3)c1ccc(Cl)cc1. The fourth-order valence-electron chi connectivity index (χ4n) is 6.53. The Hall–Kier alpha value is -1.22. The molecule has 4 saturated heterocycles. The quantitative estimate of drug-likeness (QED) is 0.378. The molecular weight excluding hydrogens is 460 g/mol. The molecule has 1 saturated carbocycles. The number of fused-ring (bicyclic) bond motifs is 2. The third-order valence-corrected chi connectivity index (χ3v) is 8.73. The molecule has 0 radical (unpaired) electrons. The second-order valence-corrected chi connectivity index (χ2v) is 11.0. The third kappa shape index (κ3) is 4.18. The van der Waals surface area contributed by atoms with E-state index in [1.807, 2.05) is 31.2 Å². The Balaban J connectivity index is 1.42. The van der Waals surface area contributed by atoms with Gasteiger partial charge in [0.1, 0.15) is 0 Å². The van der Waals surface area contributed by atoms with E-state index in [1.54, 1.807) is 0 Å². The molecule has 8 heteroatoms. The maximum Gasteiger partial charge on any atom is 0.305 e. The van der Waals surface area contributed by atoms with Gasteiger partial charge in [-0.3, -0.25) is 4.79 Å². The average Bonchev–Trinajstić information content (AvgIpc) is 3.06. The fraction of sp³-hybridized carbons (Fsp3) is 0.731. The molecule has 1 aromatic carbocycles. The van der Waals surface area contributed by atoms with Crippen LogP contribution < -0.4 is 0 Å². The summed E-state index contributed by atoms with van der Waals surface area (Å²) in [4.78, 5) is 24.0. The molecule has 4 heterocycles. The maximum absolute atomic E-state index is 11.9. The summed E-state index contributed by atoms with van der Waals surface area (Å²) < 4.78 is 24.5. The number of hydrogen-bond acceptors (Lipinski definition) is 7. The predicted molar refractivity (Wildman–Crippen MR) is 123 cm³/mol. The first kappa shape index (κ1) is 24.5. The summed E-state index contributed by atoms with van der Waals surface area (Å²) in [7, 11) is 1.40. The largest absolute Gasteiger partial charge is 0.469 e. The summed E-state index contributed by atoms with van der Waals surface area (Å²) in [5, 5.41) is 0.648. The standard InChI is InChI=1S/C26H35ClO7/c1-15-5-10-20-16(2)23(31-24-26(20)19(15)13-14-25(3,32-24)33-34-26)30-21(11-12-22(28)29-4)17-6-8-18(27)9-7-17/h6-9,15-16,19-21,23-24H,5,10-14H2,1-4H3/t15-,16-,19+,20+,21-,23?,24-,25+,26-/m1/s1. The van der Waals surface area contributed by atoms with Crippen molar-refractivity contribution in [2.24, 2.45) is 23.7 Å². The molecule has 9 atom stereocenters. The lowest BCUT2D eigenvalue weighted by Gasteiger charge is -2.60. The number of benzene rings is 1. The third-order valence-electron chi connectivity index (χ3n) is 8.48. The van der Waals surface area contributed by atoms with Gasteiger partial charge in [-0.15, -0.1) is 0 Å². The van der Waals surface area contributed by atoms with Crippen LogP contribution in [0.25, 0.3) is 0 Å². The molecule has 2 bridgehead atoms. The van der Waals surface area contributed by atoms with Crippen LogP contribution in [0.5, 0.6) is 0 Å². The van der Waals surface area contributed by atoms with Gasteiger partial charge in [-0.25, -0.2) is 9.78 Å². The Morgan fingerprint density at radius 3 is 2.65 bits per heavy atom. The summed E-state index contributed by atoms with van der Waals surface area (Å²) in [5.74, 6) is -0.0771. The van der Waals surface area contributed by atoms with Gasteiger partial charge in [0.25, 0.3) is 0 Å². The Kier molecular flexibility index (Phi) is 6.72. The lowest BCUT2D eigenvalue weighted by molar-refractivity contribution is -0.578. The molecule has 6 rings (SSSR count). The summed E-state index contributed by atoms with van der Waals surface area (Å²) in [6.07, 6.45) is 3.15. The summed E-state index contributed by atoms with van der Waals surface area (Å²) in [6, 6.07) is 7.52. The van der Waals surface area contributed by atoms with Crippen molar-refractivity contribution in [1.29, 1.82) is 0 Å². The highest BCUT2D eigenvalue weighted by molar-refractivity contribution is 6.30. The highest BCUT2D eigenvalue weighted by Gasteiger charge is 2.69. The van der Waals surface area contributed by atoms with Gasteiger partial charge in [0, 0.05) is 29.7 Å². The van der Waals surface area contributed by atoms with Crippen molar-refractivity contribution in [3.05, 3.63) is 34.9 Å². The van der Waals surface area contributed by atoms with E-state index in [4.69, 9.17) is 40.3 Å². The van der Waals surface area contributed by atoms with E-state index in [9.17, 15) is 4.79 Å². The minimum Gasteiger partial charge on any atom is -0.469 e. The van der Waals surface area contributed by atoms with Gasteiger partial charge < -0.3 is 18.9 Å². The van der Waals surface area contributed by atoms with Crippen molar-refractivity contribution in [3.8, 4) is 0 Å². The van der Waals surface area contributed by atoms with Crippen LogP contribution in [-0.2, 0) is 33.5 Å². The highest BCUT2D eigenvalue weighted by atomic mass is 35.5. The van der Waals surface area contributed by atoms with Gasteiger partial charge in [0.2, 0.25) is 5.79 Å². The topological polar surface area (TPSA) is 72.5 Å². The van der Waals surface area contributed by atoms with Crippen LogP contribution >= 0.6 is 11.6 Å². The van der Waals surface area contributed by atoms with Gasteiger partial charge in [-0.05, 0) is 62.1 Å². The Morgan fingerprint density at radius 2 is 1.91 bits per heavy atom. The summed E-state index contributed by atoms with van der Waals surface area (Å²) in [6.45, 7) is 6.38. The zero-order valence-corrected chi connectivity index (χ0v) is 21.1. The molecule has 1 aliphatic carbocycles. The van der Waals surface area contributed by atoms with Crippen LogP contribution in [0.1, 0.15) is 71.0 Å². The molecule has 5 fully saturated rings. The number of ether oxygens (including phenoxy) is 4. The minimum atomic E-state index is -0.830. The molecule has 4 aliphatic heterocycles. The molecule has 0 amide bonds. The van der Waals surface area contributed by atoms with Gasteiger partial charge >= 0.3 is 5.97 Å². The Bertz CT molecular complexity index is 894. The van der Waals surface area contributed by atoms with Crippen molar-refractivity contribution in [1.82, 2.24) is 0 Å². The number of rotatable bonds is 6. The zero-order valence-electron chi connectivity index (χ0n) is 20.3. The Labute approximate surface area is 206 Å². The number of carbonyl (C=O) groups excluding carboxylic acids is 1. The number of carbonyl (C=O) groups is 1. The molecule has 5 aliphatic rings. The zero-order chi connectivity index (χ0) is 24.1. The molecular formula is C26H35ClO7. The lowest BCUT2D eigenvalue weighted by atomic mass is 9.58. The van der Waals surface area contributed by atoms with E-state index < -0.39 is 24.0 Å². The Morgan fingerprint density at radius 1 is 1.15 bits per heavy atom. The molecule has 34 heavy (non-hydrogen) atoms. The molecule has 1 unspecified atom stereocenters. The van der Waals surface area contributed by atoms with E-state index in [0.29, 0.717) is 23.3 Å². The predicted octanol–water partition coefficient (Wildman–Crippen LogP) is 5.56. The van der Waals surface area contributed by atoms with Gasteiger partial charge in [0.15, 0.2) is 18.2 Å². The van der Waals surface area contributed by atoms with Crippen molar-refractivity contribution < 1.29 is 33.5 Å². The van der Waals surface area contributed by atoms with Crippen molar-refractivity contribution in [2.45, 2.75) is 89.4 Å². The second kappa shape index (κ2) is 9.34. The van der Waals surface area contributed by atoms with Crippen LogP contribution in [0, 0.1) is 23.7 Å². The molecule has 0 aromatic heterocycles. The van der Waals surface area contributed by atoms with E-state index in [2.05, 4.69) is 13.8 Å². The van der Waals surface area contributed by atoms with Crippen LogP contribution in [0.2, 0.25) is 5.02 Å². The van der Waals surface area contributed by atoms with Gasteiger partial charge in [0.05, 0.1) is 13.2 Å². The number of esters is 1. The second-order valence-electron chi connectivity index (χ2n) is 10.6. The molecule has 1 spiro atoms. The molecule has 7 nitrogen and oxygen atoms in total. The van der Waals surface area contributed by atoms with E-state index in [0.717, 1.165) is 31.2 Å². The van der Waals surface area contributed by atoms with E-state index in [1.165, 1.54) is 7.11 Å². The average molecular weight is 495 g/mol. The molecule has 1 aromatic rings. The van der Waals surface area contributed by atoms with Gasteiger partial charge in [-0.2, -0.15) is 0 Å². The normalized spacial score (nSPS) is 41.9. The number of methoxy groups -OCH3 is 1. The highest BCUT2D eigenvalue weighted by Crippen LogP contribution is 2.60.